The normalized spacial score (nSPS) is 11.9. The molecule has 2 aromatic carbocycles. The third-order valence-corrected chi connectivity index (χ3v) is 4.60. The fraction of sp³-hybridized carbons (Fsp3) is 0.0909. The van der Waals surface area contributed by atoms with E-state index in [-0.39, 0.29) is 5.57 Å². The lowest BCUT2D eigenvalue weighted by Crippen LogP contribution is -2.01. The Morgan fingerprint density at radius 3 is 2.39 bits per heavy atom. The molecule has 0 spiro atoms. The molecule has 140 valence electrons. The smallest absolute Gasteiger partial charge is 0.205 e. The number of methoxy groups -OCH3 is 2. The summed E-state index contributed by atoms with van der Waals surface area (Å²) in [4.78, 5) is 15.9. The Bertz CT molecular complexity index is 1120. The van der Waals surface area contributed by atoms with Crippen LogP contribution < -0.4 is 9.47 Å². The minimum atomic E-state index is -0.391. The first-order valence-corrected chi connectivity index (χ1v) is 8.77. The number of ether oxygens (including phenoxy) is 2. The van der Waals surface area contributed by atoms with Crippen molar-refractivity contribution in [3.8, 4) is 17.6 Å². The van der Waals surface area contributed by atoms with E-state index in [1.807, 2.05) is 12.1 Å². The standard InChI is InChI=1S/C22H17ClN2O3/c1-27-16-6-3-14(4-7-16)20(23)9-5-15(12-24)22(26)19-13-25-21-10-8-17(28-2)11-18(19)21/h3-11,13,25H,1-2H3/b15-5+,20-9-. The molecule has 5 nitrogen and oxygen atoms in total. The van der Waals surface area contributed by atoms with Crippen LogP contribution in [0.25, 0.3) is 15.9 Å². The molecule has 0 amide bonds. The Kier molecular flexibility index (Phi) is 5.83. The van der Waals surface area contributed by atoms with Crippen molar-refractivity contribution in [2.75, 3.05) is 14.2 Å². The number of hydrogen-bond donors (Lipinski definition) is 1. The topological polar surface area (TPSA) is 75.1 Å². The van der Waals surface area contributed by atoms with Crippen LogP contribution in [0.1, 0.15) is 15.9 Å². The Labute approximate surface area is 167 Å². The molecule has 0 aliphatic rings. The van der Waals surface area contributed by atoms with Crippen molar-refractivity contribution >= 4 is 33.3 Å². The van der Waals surface area contributed by atoms with Crippen molar-refractivity contribution in [1.82, 2.24) is 4.98 Å². The molecule has 0 aliphatic heterocycles. The summed E-state index contributed by atoms with van der Waals surface area (Å²) in [5.41, 5.74) is 1.92. The molecule has 0 saturated carbocycles. The molecule has 3 rings (SSSR count). The van der Waals surface area contributed by atoms with Gasteiger partial charge in [-0.15, -0.1) is 0 Å². The molecule has 28 heavy (non-hydrogen) atoms. The summed E-state index contributed by atoms with van der Waals surface area (Å²) in [7, 11) is 3.14. The number of Topliss-reactive ketones (excluding diaryl/α,β-unsaturated/α-hetero) is 1. The van der Waals surface area contributed by atoms with Gasteiger partial charge in [-0.05, 0) is 60.2 Å². The maximum Gasteiger partial charge on any atom is 0.205 e. The monoisotopic (exact) mass is 392 g/mol. The number of fused-ring (bicyclic) bond motifs is 1. The highest BCUT2D eigenvalue weighted by molar-refractivity contribution is 6.48. The van der Waals surface area contributed by atoms with Crippen molar-refractivity contribution < 1.29 is 14.3 Å². The predicted octanol–water partition coefficient (Wildman–Crippen LogP) is 5.10. The Hall–Kier alpha value is -3.49. The zero-order valence-corrected chi connectivity index (χ0v) is 16.1. The molecule has 3 aromatic rings. The van der Waals surface area contributed by atoms with Gasteiger partial charge in [-0.25, -0.2) is 0 Å². The van der Waals surface area contributed by atoms with E-state index in [1.54, 1.807) is 56.8 Å². The molecule has 1 heterocycles. The average Bonchev–Trinajstić information content (AvgIpc) is 3.16. The minimum absolute atomic E-state index is 0.0182. The summed E-state index contributed by atoms with van der Waals surface area (Å²) in [6, 6.07) is 14.5. The van der Waals surface area contributed by atoms with E-state index in [0.29, 0.717) is 27.5 Å². The third-order valence-electron chi connectivity index (χ3n) is 4.26. The van der Waals surface area contributed by atoms with E-state index in [0.717, 1.165) is 11.1 Å². The van der Waals surface area contributed by atoms with Crippen molar-refractivity contribution in [2.24, 2.45) is 0 Å². The molecular weight excluding hydrogens is 376 g/mol. The number of hydrogen-bond acceptors (Lipinski definition) is 4. The third kappa shape index (κ3) is 3.93. The van der Waals surface area contributed by atoms with Gasteiger partial charge in [-0.2, -0.15) is 5.26 Å². The van der Waals surface area contributed by atoms with Gasteiger partial charge in [0.1, 0.15) is 23.1 Å². The van der Waals surface area contributed by atoms with Crippen molar-refractivity contribution in [1.29, 1.82) is 5.26 Å². The van der Waals surface area contributed by atoms with Crippen LogP contribution in [-0.4, -0.2) is 25.0 Å². The van der Waals surface area contributed by atoms with Crippen LogP contribution in [0.4, 0.5) is 0 Å². The number of benzene rings is 2. The lowest BCUT2D eigenvalue weighted by atomic mass is 10.0. The van der Waals surface area contributed by atoms with Gasteiger partial charge < -0.3 is 14.5 Å². The average molecular weight is 393 g/mol. The number of carbonyl (C=O) groups excluding carboxylic acids is 1. The molecule has 1 aromatic heterocycles. The molecule has 0 radical (unpaired) electrons. The second-order valence-corrected chi connectivity index (χ2v) is 6.29. The van der Waals surface area contributed by atoms with Gasteiger partial charge in [0.25, 0.3) is 0 Å². The van der Waals surface area contributed by atoms with Crippen molar-refractivity contribution in [3.63, 3.8) is 0 Å². The van der Waals surface area contributed by atoms with E-state index < -0.39 is 5.78 Å². The first-order valence-electron chi connectivity index (χ1n) is 8.39. The van der Waals surface area contributed by atoms with Gasteiger partial charge in [0.05, 0.1) is 14.2 Å². The largest absolute Gasteiger partial charge is 0.497 e. The number of nitriles is 1. The van der Waals surface area contributed by atoms with Gasteiger partial charge in [0.2, 0.25) is 5.78 Å². The van der Waals surface area contributed by atoms with Crippen LogP contribution in [0, 0.1) is 11.3 Å². The Morgan fingerprint density at radius 2 is 1.75 bits per heavy atom. The van der Waals surface area contributed by atoms with Gasteiger partial charge in [-0.3, -0.25) is 4.79 Å². The minimum Gasteiger partial charge on any atom is -0.497 e. The van der Waals surface area contributed by atoms with Gasteiger partial charge in [0, 0.05) is 27.7 Å². The molecule has 0 bridgehead atoms. The van der Waals surface area contributed by atoms with Crippen LogP contribution >= 0.6 is 11.6 Å². The summed E-state index contributed by atoms with van der Waals surface area (Å²) in [6.07, 6.45) is 4.55. The first kappa shape index (κ1) is 19.3. The second kappa shape index (κ2) is 8.47. The number of aromatic nitrogens is 1. The fourth-order valence-electron chi connectivity index (χ4n) is 2.73. The van der Waals surface area contributed by atoms with Crippen LogP contribution in [0.3, 0.4) is 0 Å². The second-order valence-electron chi connectivity index (χ2n) is 5.88. The summed E-state index contributed by atoms with van der Waals surface area (Å²) >= 11 is 6.30. The highest BCUT2D eigenvalue weighted by Crippen LogP contribution is 2.26. The Balaban J connectivity index is 1.92. The van der Waals surface area contributed by atoms with E-state index in [4.69, 9.17) is 21.1 Å². The highest BCUT2D eigenvalue weighted by Gasteiger charge is 2.16. The fourth-order valence-corrected chi connectivity index (χ4v) is 2.92. The number of carbonyl (C=O) groups is 1. The number of halogens is 1. The van der Waals surface area contributed by atoms with E-state index in [2.05, 4.69) is 4.98 Å². The summed E-state index contributed by atoms with van der Waals surface area (Å²) in [6.45, 7) is 0. The number of aromatic amines is 1. The quantitative estimate of drug-likeness (QED) is 0.274. The SMILES string of the molecule is COc1ccc(/C(Cl)=C/C=C(\C#N)C(=O)c2c[nH]c3ccc(OC)cc23)cc1. The molecule has 1 N–H and O–H groups in total. The molecule has 0 saturated heterocycles. The van der Waals surface area contributed by atoms with Crippen LogP contribution in [0.2, 0.25) is 0 Å². The lowest BCUT2D eigenvalue weighted by Gasteiger charge is -2.02. The Morgan fingerprint density at radius 1 is 1.07 bits per heavy atom. The van der Waals surface area contributed by atoms with E-state index in [1.165, 1.54) is 12.2 Å². The highest BCUT2D eigenvalue weighted by atomic mass is 35.5. The molecule has 6 heteroatoms. The zero-order valence-electron chi connectivity index (χ0n) is 15.3. The number of nitrogens with zero attached hydrogens (tertiary/aromatic N) is 1. The number of H-pyrrole nitrogens is 1. The molecular formula is C22H17ClN2O3. The maximum absolute atomic E-state index is 12.8. The number of allylic oxidation sites excluding steroid dienone is 3. The number of ketones is 1. The molecule has 0 atom stereocenters. The van der Waals surface area contributed by atoms with E-state index >= 15 is 0 Å². The van der Waals surface area contributed by atoms with Crippen LogP contribution in [0.5, 0.6) is 11.5 Å². The predicted molar refractivity (Wildman–Crippen MR) is 110 cm³/mol. The van der Waals surface area contributed by atoms with Gasteiger partial charge in [0.15, 0.2) is 0 Å². The summed E-state index contributed by atoms with van der Waals surface area (Å²) in [5.74, 6) is 0.954. The molecule has 0 aliphatic carbocycles. The summed E-state index contributed by atoms with van der Waals surface area (Å²) < 4.78 is 10.3. The van der Waals surface area contributed by atoms with Gasteiger partial charge in [-0.1, -0.05) is 11.6 Å². The molecule has 0 fully saturated rings. The number of rotatable bonds is 6. The summed E-state index contributed by atoms with van der Waals surface area (Å²) in [5, 5.41) is 10.6. The zero-order chi connectivity index (χ0) is 20.1. The van der Waals surface area contributed by atoms with Crippen molar-refractivity contribution in [3.05, 3.63) is 77.5 Å². The van der Waals surface area contributed by atoms with Gasteiger partial charge >= 0.3 is 0 Å². The lowest BCUT2D eigenvalue weighted by molar-refractivity contribution is 0.104. The van der Waals surface area contributed by atoms with Crippen LogP contribution in [-0.2, 0) is 0 Å². The van der Waals surface area contributed by atoms with E-state index in [9.17, 15) is 10.1 Å². The van der Waals surface area contributed by atoms with Crippen LogP contribution in [0.15, 0.2) is 66.4 Å². The maximum atomic E-state index is 12.8. The molecule has 0 unspecified atom stereocenters. The first-order chi connectivity index (χ1) is 13.6. The number of nitrogens with one attached hydrogen (secondary N) is 1. The van der Waals surface area contributed by atoms with Crippen molar-refractivity contribution in [2.45, 2.75) is 0 Å².